The van der Waals surface area contributed by atoms with E-state index in [2.05, 4.69) is 27.5 Å². The minimum absolute atomic E-state index is 0.266. The van der Waals surface area contributed by atoms with Gasteiger partial charge in [0, 0.05) is 32.2 Å². The van der Waals surface area contributed by atoms with Crippen LogP contribution in [-0.2, 0) is 16.1 Å². The van der Waals surface area contributed by atoms with Crippen molar-refractivity contribution in [2.24, 2.45) is 5.73 Å². The van der Waals surface area contributed by atoms with Crippen LogP contribution in [0, 0.1) is 0 Å². The number of nitrogens with one attached hydrogen (secondary N) is 2. The second kappa shape index (κ2) is 9.08. The topological polar surface area (TPSA) is 102 Å². The molecule has 0 aliphatic rings. The molecule has 1 rings (SSSR count). The molecule has 0 fully saturated rings. The van der Waals surface area contributed by atoms with Gasteiger partial charge in [0.05, 0.1) is 0 Å². The maximum Gasteiger partial charge on any atom is 0.219 e. The van der Waals surface area contributed by atoms with Gasteiger partial charge in [0.15, 0.2) is 5.82 Å². The van der Waals surface area contributed by atoms with E-state index in [1.54, 1.807) is 0 Å². The van der Waals surface area contributed by atoms with Crippen LogP contribution in [-0.4, -0.2) is 35.6 Å². The van der Waals surface area contributed by atoms with Crippen LogP contribution in [0.2, 0.25) is 0 Å². The Morgan fingerprint density at radius 1 is 1.25 bits per heavy atom. The molecule has 0 radical (unpaired) electrons. The molecule has 7 nitrogen and oxygen atoms in total. The van der Waals surface area contributed by atoms with E-state index in [0.717, 1.165) is 18.8 Å². The van der Waals surface area contributed by atoms with Crippen LogP contribution < -0.4 is 16.4 Å². The molecular weight excluding hydrogens is 258 g/mol. The van der Waals surface area contributed by atoms with Gasteiger partial charge in [-0.1, -0.05) is 6.92 Å². The Balaban J connectivity index is 2.71. The van der Waals surface area contributed by atoms with Crippen molar-refractivity contribution in [3.8, 4) is 0 Å². The number of carbonyl (C=O) groups is 1. The highest BCUT2D eigenvalue weighted by Gasteiger charge is 2.05. The molecule has 0 atom stereocenters. The third-order valence-corrected chi connectivity index (χ3v) is 2.44. The SMILES string of the molecule is CCCNc1cc(NCCC(N)=O)nc(COCC)n1. The van der Waals surface area contributed by atoms with Gasteiger partial charge in [0.2, 0.25) is 5.91 Å². The van der Waals surface area contributed by atoms with E-state index >= 15 is 0 Å². The Bertz CT molecular complexity index is 399. The summed E-state index contributed by atoms with van der Waals surface area (Å²) < 4.78 is 5.32. The lowest BCUT2D eigenvalue weighted by molar-refractivity contribution is -0.117. The second-order valence-corrected chi connectivity index (χ2v) is 4.26. The van der Waals surface area contributed by atoms with Gasteiger partial charge in [-0.05, 0) is 13.3 Å². The normalized spacial score (nSPS) is 10.3. The number of nitrogens with zero attached hydrogens (tertiary/aromatic N) is 2. The number of aromatic nitrogens is 2. The Hall–Kier alpha value is -1.89. The molecule has 0 saturated carbocycles. The lowest BCUT2D eigenvalue weighted by atomic mass is 10.4. The maximum absolute atomic E-state index is 10.7. The predicted octanol–water partition coefficient (Wildman–Crippen LogP) is 1.12. The number of anilines is 2. The maximum atomic E-state index is 10.7. The molecule has 0 aliphatic heterocycles. The van der Waals surface area contributed by atoms with Crippen molar-refractivity contribution in [2.45, 2.75) is 33.3 Å². The van der Waals surface area contributed by atoms with Crippen molar-refractivity contribution in [3.05, 3.63) is 11.9 Å². The summed E-state index contributed by atoms with van der Waals surface area (Å²) >= 11 is 0. The molecule has 112 valence electrons. The van der Waals surface area contributed by atoms with Crippen LogP contribution >= 0.6 is 0 Å². The van der Waals surface area contributed by atoms with Gasteiger partial charge < -0.3 is 21.1 Å². The van der Waals surface area contributed by atoms with E-state index in [9.17, 15) is 4.79 Å². The average Bonchev–Trinajstić information content (AvgIpc) is 2.42. The van der Waals surface area contributed by atoms with Gasteiger partial charge in [-0.25, -0.2) is 9.97 Å². The molecule has 0 bridgehead atoms. The first-order valence-corrected chi connectivity index (χ1v) is 6.87. The third kappa shape index (κ3) is 6.33. The van der Waals surface area contributed by atoms with Gasteiger partial charge in [0.1, 0.15) is 18.2 Å². The molecule has 0 unspecified atom stereocenters. The highest BCUT2D eigenvalue weighted by molar-refractivity contribution is 5.74. The summed E-state index contributed by atoms with van der Waals surface area (Å²) in [5.41, 5.74) is 5.10. The van der Waals surface area contributed by atoms with Crippen LogP contribution in [0.1, 0.15) is 32.5 Å². The lowest BCUT2D eigenvalue weighted by Crippen LogP contribution is -2.17. The quantitative estimate of drug-likeness (QED) is 0.594. The molecule has 1 aromatic rings. The van der Waals surface area contributed by atoms with Gasteiger partial charge in [-0.3, -0.25) is 4.79 Å². The first-order chi connectivity index (χ1) is 9.65. The Kier molecular flexibility index (Phi) is 7.34. The predicted molar refractivity (Wildman–Crippen MR) is 78.4 cm³/mol. The number of primary amides is 1. The number of carbonyl (C=O) groups excluding carboxylic acids is 1. The van der Waals surface area contributed by atoms with E-state index in [1.807, 2.05) is 13.0 Å². The van der Waals surface area contributed by atoms with Crippen molar-refractivity contribution in [1.82, 2.24) is 9.97 Å². The molecule has 0 saturated heterocycles. The van der Waals surface area contributed by atoms with Gasteiger partial charge in [-0.15, -0.1) is 0 Å². The molecule has 0 aromatic carbocycles. The molecule has 1 heterocycles. The fourth-order valence-electron chi connectivity index (χ4n) is 1.50. The molecule has 20 heavy (non-hydrogen) atoms. The summed E-state index contributed by atoms with van der Waals surface area (Å²) in [6.07, 6.45) is 1.28. The largest absolute Gasteiger partial charge is 0.374 e. The lowest BCUT2D eigenvalue weighted by Gasteiger charge is -2.10. The minimum Gasteiger partial charge on any atom is -0.374 e. The van der Waals surface area contributed by atoms with Gasteiger partial charge in [0.25, 0.3) is 0 Å². The summed E-state index contributed by atoms with van der Waals surface area (Å²) in [7, 11) is 0. The van der Waals surface area contributed by atoms with Crippen LogP contribution in [0.25, 0.3) is 0 Å². The fraction of sp³-hybridized carbons (Fsp3) is 0.615. The number of hydrogen-bond donors (Lipinski definition) is 3. The van der Waals surface area contributed by atoms with Crippen LogP contribution in [0.4, 0.5) is 11.6 Å². The number of amides is 1. The zero-order chi connectivity index (χ0) is 14.8. The van der Waals surface area contributed by atoms with Crippen molar-refractivity contribution < 1.29 is 9.53 Å². The zero-order valence-electron chi connectivity index (χ0n) is 12.1. The number of ether oxygens (including phenoxy) is 1. The summed E-state index contributed by atoms with van der Waals surface area (Å²) in [5, 5.41) is 6.27. The fourth-order valence-corrected chi connectivity index (χ4v) is 1.50. The summed E-state index contributed by atoms with van der Waals surface area (Å²) in [4.78, 5) is 19.4. The third-order valence-electron chi connectivity index (χ3n) is 2.44. The number of hydrogen-bond acceptors (Lipinski definition) is 6. The first kappa shape index (κ1) is 16.2. The van der Waals surface area contributed by atoms with E-state index in [-0.39, 0.29) is 12.3 Å². The van der Waals surface area contributed by atoms with Crippen molar-refractivity contribution in [1.29, 1.82) is 0 Å². The Morgan fingerprint density at radius 2 is 1.90 bits per heavy atom. The minimum atomic E-state index is -0.342. The van der Waals surface area contributed by atoms with E-state index in [4.69, 9.17) is 10.5 Å². The number of nitrogens with two attached hydrogens (primary N) is 1. The second-order valence-electron chi connectivity index (χ2n) is 4.26. The Morgan fingerprint density at radius 3 is 2.45 bits per heavy atom. The molecule has 1 aromatic heterocycles. The molecule has 0 aliphatic carbocycles. The standard InChI is InChI=1S/C13H23N5O2/c1-3-6-15-11-8-12(16-7-5-10(14)19)18-13(17-11)9-20-4-2/h8H,3-7,9H2,1-2H3,(H2,14,19)(H2,15,16,17,18). The average molecular weight is 281 g/mol. The van der Waals surface area contributed by atoms with Crippen LogP contribution in [0.3, 0.4) is 0 Å². The summed E-state index contributed by atoms with van der Waals surface area (Å²) in [6, 6.07) is 1.81. The monoisotopic (exact) mass is 281 g/mol. The van der Waals surface area contributed by atoms with Crippen molar-refractivity contribution >= 4 is 17.5 Å². The van der Waals surface area contributed by atoms with Crippen LogP contribution in [0.5, 0.6) is 0 Å². The molecule has 0 spiro atoms. The van der Waals surface area contributed by atoms with E-state index in [0.29, 0.717) is 31.4 Å². The van der Waals surface area contributed by atoms with Gasteiger partial charge in [-0.2, -0.15) is 0 Å². The number of rotatable bonds is 10. The Labute approximate surface area is 119 Å². The molecular formula is C13H23N5O2. The van der Waals surface area contributed by atoms with E-state index in [1.165, 1.54) is 0 Å². The molecule has 4 N–H and O–H groups in total. The highest BCUT2D eigenvalue weighted by atomic mass is 16.5. The summed E-state index contributed by atoms with van der Waals surface area (Å²) in [6.45, 7) is 6.27. The smallest absolute Gasteiger partial charge is 0.219 e. The molecule has 7 heteroatoms. The molecule has 1 amide bonds. The van der Waals surface area contributed by atoms with E-state index < -0.39 is 0 Å². The van der Waals surface area contributed by atoms with Gasteiger partial charge >= 0.3 is 0 Å². The highest BCUT2D eigenvalue weighted by Crippen LogP contribution is 2.12. The zero-order valence-corrected chi connectivity index (χ0v) is 12.1. The first-order valence-electron chi connectivity index (χ1n) is 6.87. The summed E-state index contributed by atoms with van der Waals surface area (Å²) in [5.74, 6) is 1.67. The van der Waals surface area contributed by atoms with Crippen molar-refractivity contribution in [2.75, 3.05) is 30.3 Å². The van der Waals surface area contributed by atoms with Crippen LogP contribution in [0.15, 0.2) is 6.07 Å². The van der Waals surface area contributed by atoms with Crippen molar-refractivity contribution in [3.63, 3.8) is 0 Å².